The van der Waals surface area contributed by atoms with Gasteiger partial charge in [0.1, 0.15) is 0 Å². The zero-order valence-electron chi connectivity index (χ0n) is 10.4. The van der Waals surface area contributed by atoms with E-state index in [1.165, 1.54) is 0 Å². The van der Waals surface area contributed by atoms with Gasteiger partial charge in [-0.3, -0.25) is 9.59 Å². The molecule has 2 rings (SSSR count). The fourth-order valence-electron chi connectivity index (χ4n) is 3.18. The van der Waals surface area contributed by atoms with Crippen molar-refractivity contribution >= 4 is 11.9 Å². The molecule has 4 heteroatoms. The van der Waals surface area contributed by atoms with E-state index in [0.717, 1.165) is 38.6 Å². The topological polar surface area (TPSA) is 57.6 Å². The minimum absolute atomic E-state index is 0.154. The number of carboxylic acid groups (broad SMARTS) is 1. The molecular weight excluding hydrogens is 218 g/mol. The third-order valence-electron chi connectivity index (χ3n) is 4.26. The van der Waals surface area contributed by atoms with Crippen LogP contribution in [0.1, 0.15) is 45.4 Å². The maximum absolute atomic E-state index is 12.4. The van der Waals surface area contributed by atoms with Crippen LogP contribution in [0.2, 0.25) is 0 Å². The highest BCUT2D eigenvalue weighted by Crippen LogP contribution is 2.40. The van der Waals surface area contributed by atoms with Crippen LogP contribution in [0.4, 0.5) is 0 Å². The number of nitrogens with zero attached hydrogens (tertiary/aromatic N) is 1. The molecule has 1 heterocycles. The van der Waals surface area contributed by atoms with Gasteiger partial charge in [0.05, 0.1) is 0 Å². The Hall–Kier alpha value is -1.06. The Morgan fingerprint density at radius 1 is 1.35 bits per heavy atom. The second kappa shape index (κ2) is 4.67. The largest absolute Gasteiger partial charge is 0.481 e. The Labute approximate surface area is 102 Å². The molecule has 2 fully saturated rings. The van der Waals surface area contributed by atoms with Crippen molar-refractivity contribution < 1.29 is 14.7 Å². The lowest BCUT2D eigenvalue weighted by molar-refractivity contribution is -0.141. The summed E-state index contributed by atoms with van der Waals surface area (Å²) in [6.07, 6.45) is 5.32. The van der Waals surface area contributed by atoms with Crippen LogP contribution < -0.4 is 0 Å². The summed E-state index contributed by atoms with van der Waals surface area (Å²) in [5.74, 6) is -0.347. The molecule has 17 heavy (non-hydrogen) atoms. The van der Waals surface area contributed by atoms with Crippen LogP contribution in [0.3, 0.4) is 0 Å². The normalized spacial score (nSPS) is 27.4. The Kier molecular flexibility index (Phi) is 3.40. The molecule has 0 aromatic heterocycles. The van der Waals surface area contributed by atoms with Gasteiger partial charge < -0.3 is 10.0 Å². The van der Waals surface area contributed by atoms with Gasteiger partial charge in [-0.25, -0.2) is 0 Å². The highest BCUT2D eigenvalue weighted by molar-refractivity contribution is 5.83. The van der Waals surface area contributed by atoms with Crippen LogP contribution >= 0.6 is 0 Å². The second-order valence-corrected chi connectivity index (χ2v) is 5.77. The smallest absolute Gasteiger partial charge is 0.303 e. The van der Waals surface area contributed by atoms with Crippen LogP contribution in [0.15, 0.2) is 0 Å². The van der Waals surface area contributed by atoms with E-state index in [0.29, 0.717) is 6.54 Å². The first-order chi connectivity index (χ1) is 8.01. The summed E-state index contributed by atoms with van der Waals surface area (Å²) in [5.41, 5.74) is -0.169. The van der Waals surface area contributed by atoms with E-state index in [2.05, 4.69) is 6.92 Å². The molecule has 0 aromatic carbocycles. The molecular formula is C13H21NO3. The van der Waals surface area contributed by atoms with Gasteiger partial charge in [0.2, 0.25) is 5.91 Å². The van der Waals surface area contributed by atoms with Gasteiger partial charge in [-0.2, -0.15) is 0 Å². The van der Waals surface area contributed by atoms with Crippen molar-refractivity contribution in [2.75, 3.05) is 13.1 Å². The molecule has 1 N–H and O–H groups in total. The van der Waals surface area contributed by atoms with E-state index in [1.807, 2.05) is 4.90 Å². The fraction of sp³-hybridized carbons (Fsp3) is 0.846. The first-order valence-electron chi connectivity index (χ1n) is 6.52. The summed E-state index contributed by atoms with van der Waals surface area (Å²) in [4.78, 5) is 24.9. The Bertz CT molecular complexity index is 321. The van der Waals surface area contributed by atoms with Gasteiger partial charge in [-0.05, 0) is 25.2 Å². The molecule has 0 spiro atoms. The van der Waals surface area contributed by atoms with Gasteiger partial charge in [0.25, 0.3) is 0 Å². The minimum Gasteiger partial charge on any atom is -0.481 e. The van der Waals surface area contributed by atoms with Crippen LogP contribution in [0.25, 0.3) is 0 Å². The summed E-state index contributed by atoms with van der Waals surface area (Å²) in [5, 5.41) is 8.76. The first kappa shape index (κ1) is 12.4. The number of hydrogen-bond acceptors (Lipinski definition) is 2. The van der Waals surface area contributed by atoms with Crippen molar-refractivity contribution in [1.29, 1.82) is 0 Å². The predicted octanol–water partition coefficient (Wildman–Crippen LogP) is 1.89. The third kappa shape index (κ3) is 2.61. The third-order valence-corrected chi connectivity index (χ3v) is 4.26. The average molecular weight is 239 g/mol. The summed E-state index contributed by atoms with van der Waals surface area (Å²) >= 11 is 0. The average Bonchev–Trinajstić information content (AvgIpc) is 2.86. The maximum atomic E-state index is 12.4. The number of hydrogen-bond donors (Lipinski definition) is 1. The summed E-state index contributed by atoms with van der Waals surface area (Å²) in [6, 6.07) is 0. The van der Waals surface area contributed by atoms with Crippen LogP contribution in [-0.4, -0.2) is 35.0 Å². The Morgan fingerprint density at radius 3 is 2.59 bits per heavy atom. The number of likely N-dealkylation sites (tertiary alicyclic amines) is 1. The first-order valence-corrected chi connectivity index (χ1v) is 6.52. The number of carboxylic acids is 1. The zero-order chi connectivity index (χ0) is 12.5. The van der Waals surface area contributed by atoms with Crippen molar-refractivity contribution in [3.63, 3.8) is 0 Å². The van der Waals surface area contributed by atoms with Crippen molar-refractivity contribution in [1.82, 2.24) is 4.90 Å². The van der Waals surface area contributed by atoms with Gasteiger partial charge >= 0.3 is 5.97 Å². The fourth-order valence-corrected chi connectivity index (χ4v) is 3.18. The van der Waals surface area contributed by atoms with Gasteiger partial charge in [0, 0.05) is 24.9 Å². The standard InChI is InChI=1S/C13H21NO3/c1-13(5-2-3-6-13)12(17)14-7-4-10(9-14)8-11(15)16/h10H,2-9H2,1H3,(H,15,16). The molecule has 2 aliphatic rings. The number of carbonyl (C=O) groups excluding carboxylic acids is 1. The van der Waals surface area contributed by atoms with E-state index in [9.17, 15) is 9.59 Å². The van der Waals surface area contributed by atoms with Crippen molar-refractivity contribution in [2.24, 2.45) is 11.3 Å². The Balaban J connectivity index is 1.91. The maximum Gasteiger partial charge on any atom is 0.303 e. The second-order valence-electron chi connectivity index (χ2n) is 5.77. The predicted molar refractivity (Wildman–Crippen MR) is 63.5 cm³/mol. The molecule has 4 nitrogen and oxygen atoms in total. The summed E-state index contributed by atoms with van der Waals surface area (Å²) in [7, 11) is 0. The van der Waals surface area contributed by atoms with Gasteiger partial charge in [-0.1, -0.05) is 19.8 Å². The summed E-state index contributed by atoms with van der Waals surface area (Å²) < 4.78 is 0. The highest BCUT2D eigenvalue weighted by Gasteiger charge is 2.41. The van der Waals surface area contributed by atoms with Crippen molar-refractivity contribution in [2.45, 2.75) is 45.4 Å². The molecule has 0 aromatic rings. The molecule has 1 unspecified atom stereocenters. The molecule has 1 aliphatic carbocycles. The lowest BCUT2D eigenvalue weighted by atomic mass is 9.87. The van der Waals surface area contributed by atoms with E-state index >= 15 is 0 Å². The molecule has 0 bridgehead atoms. The van der Waals surface area contributed by atoms with Crippen LogP contribution in [0, 0.1) is 11.3 Å². The number of amides is 1. The lowest BCUT2D eigenvalue weighted by Crippen LogP contribution is -2.39. The number of rotatable bonds is 3. The Morgan fingerprint density at radius 2 is 2.00 bits per heavy atom. The minimum atomic E-state index is -0.753. The molecule has 1 saturated heterocycles. The van der Waals surface area contributed by atoms with Crippen LogP contribution in [0.5, 0.6) is 0 Å². The molecule has 1 atom stereocenters. The van der Waals surface area contributed by atoms with E-state index in [-0.39, 0.29) is 23.7 Å². The van der Waals surface area contributed by atoms with E-state index in [4.69, 9.17) is 5.11 Å². The highest BCUT2D eigenvalue weighted by atomic mass is 16.4. The molecule has 1 amide bonds. The number of carbonyl (C=O) groups is 2. The molecule has 0 radical (unpaired) electrons. The molecule has 1 aliphatic heterocycles. The van der Waals surface area contributed by atoms with E-state index in [1.54, 1.807) is 0 Å². The molecule has 1 saturated carbocycles. The summed E-state index contributed by atoms with van der Waals surface area (Å²) in [6.45, 7) is 3.44. The van der Waals surface area contributed by atoms with Gasteiger partial charge in [-0.15, -0.1) is 0 Å². The quantitative estimate of drug-likeness (QED) is 0.818. The molecule has 96 valence electrons. The van der Waals surface area contributed by atoms with Crippen molar-refractivity contribution in [3.8, 4) is 0 Å². The van der Waals surface area contributed by atoms with Crippen molar-refractivity contribution in [3.05, 3.63) is 0 Å². The van der Waals surface area contributed by atoms with Gasteiger partial charge in [0.15, 0.2) is 0 Å². The van der Waals surface area contributed by atoms with Crippen LogP contribution in [-0.2, 0) is 9.59 Å². The lowest BCUT2D eigenvalue weighted by Gasteiger charge is -2.28. The zero-order valence-corrected chi connectivity index (χ0v) is 10.4. The van der Waals surface area contributed by atoms with E-state index < -0.39 is 5.97 Å². The SMILES string of the molecule is CC1(C(=O)N2CCC(CC(=O)O)C2)CCCC1. The monoisotopic (exact) mass is 239 g/mol. The number of aliphatic carboxylic acids is 1.